The van der Waals surface area contributed by atoms with Gasteiger partial charge in [0, 0.05) is 6.04 Å². The Hall–Kier alpha value is -0.300. The van der Waals surface area contributed by atoms with Crippen molar-refractivity contribution in [2.45, 2.75) is 46.6 Å². The molecule has 0 rings (SSSR count). The van der Waals surface area contributed by atoms with Gasteiger partial charge in [-0.25, -0.2) is 0 Å². The first-order chi connectivity index (χ1) is 5.60. The van der Waals surface area contributed by atoms with Gasteiger partial charge in [-0.05, 0) is 33.2 Å². The van der Waals surface area contributed by atoms with E-state index in [0.717, 1.165) is 5.92 Å². The zero-order valence-corrected chi connectivity index (χ0v) is 9.15. The van der Waals surface area contributed by atoms with E-state index in [1.54, 1.807) is 0 Å². The van der Waals surface area contributed by atoms with Gasteiger partial charge in [0.15, 0.2) is 0 Å². The molecular weight excluding hydrogens is 146 g/mol. The van der Waals surface area contributed by atoms with Crippen molar-refractivity contribution in [1.29, 1.82) is 0 Å². The van der Waals surface area contributed by atoms with Crippen LogP contribution in [-0.4, -0.2) is 13.1 Å². The number of hydrogen-bond acceptors (Lipinski definition) is 1. The molecule has 0 aliphatic carbocycles. The first-order valence-corrected chi connectivity index (χ1v) is 4.92. The summed E-state index contributed by atoms with van der Waals surface area (Å²) in [6, 6.07) is 0.560. The van der Waals surface area contributed by atoms with Crippen molar-refractivity contribution < 1.29 is 0 Å². The van der Waals surface area contributed by atoms with Gasteiger partial charge in [0.2, 0.25) is 0 Å². The summed E-state index contributed by atoms with van der Waals surface area (Å²) in [5.41, 5.74) is 1.40. The molecule has 1 heteroatoms. The fraction of sp³-hybridized carbons (Fsp3) is 0.818. The summed E-state index contributed by atoms with van der Waals surface area (Å²) in [5.74, 6) is 0.818. The molecule has 0 saturated carbocycles. The highest BCUT2D eigenvalue weighted by molar-refractivity contribution is 5.00. The summed E-state index contributed by atoms with van der Waals surface area (Å²) in [6.45, 7) is 8.87. The lowest BCUT2D eigenvalue weighted by molar-refractivity contribution is 0.455. The Balaban J connectivity index is 3.91. The molecule has 12 heavy (non-hydrogen) atoms. The van der Waals surface area contributed by atoms with Crippen molar-refractivity contribution >= 4 is 0 Å². The molecule has 0 spiro atoms. The van der Waals surface area contributed by atoms with Gasteiger partial charge in [-0.1, -0.05) is 31.9 Å². The average molecular weight is 169 g/mol. The van der Waals surface area contributed by atoms with Crippen LogP contribution in [0.5, 0.6) is 0 Å². The second-order valence-corrected chi connectivity index (χ2v) is 3.89. The van der Waals surface area contributed by atoms with Crippen molar-refractivity contribution in [2.24, 2.45) is 5.92 Å². The van der Waals surface area contributed by atoms with Gasteiger partial charge < -0.3 is 5.32 Å². The van der Waals surface area contributed by atoms with E-state index in [1.165, 1.54) is 18.4 Å². The summed E-state index contributed by atoms with van der Waals surface area (Å²) < 4.78 is 0. The Bertz CT molecular complexity index is 134. The molecule has 0 aromatic heterocycles. The lowest BCUT2D eigenvalue weighted by atomic mass is 9.98. The highest BCUT2D eigenvalue weighted by Gasteiger charge is 2.06. The molecule has 0 amide bonds. The van der Waals surface area contributed by atoms with E-state index in [-0.39, 0.29) is 0 Å². The topological polar surface area (TPSA) is 12.0 Å². The minimum Gasteiger partial charge on any atom is -0.314 e. The Labute approximate surface area is 77.2 Å². The molecule has 0 bridgehead atoms. The Kier molecular flexibility index (Phi) is 6.09. The number of nitrogens with one attached hydrogen (secondary N) is 1. The Morgan fingerprint density at radius 1 is 1.42 bits per heavy atom. The van der Waals surface area contributed by atoms with E-state index in [4.69, 9.17) is 0 Å². The van der Waals surface area contributed by atoms with Gasteiger partial charge >= 0.3 is 0 Å². The quantitative estimate of drug-likeness (QED) is 0.624. The molecule has 0 aromatic carbocycles. The first kappa shape index (κ1) is 11.7. The summed E-state index contributed by atoms with van der Waals surface area (Å²) in [6.07, 6.45) is 4.83. The normalized spacial score (nSPS) is 15.4. The molecule has 0 saturated heterocycles. The lowest BCUT2D eigenvalue weighted by Crippen LogP contribution is -2.25. The Morgan fingerprint density at radius 2 is 2.00 bits per heavy atom. The maximum atomic E-state index is 3.32. The SMILES string of the molecule is CCC(C)CC(C=C(C)C)NC. The van der Waals surface area contributed by atoms with Crippen molar-refractivity contribution in [1.82, 2.24) is 5.32 Å². The number of rotatable bonds is 5. The van der Waals surface area contributed by atoms with E-state index < -0.39 is 0 Å². The predicted molar refractivity (Wildman–Crippen MR) is 56.4 cm³/mol. The van der Waals surface area contributed by atoms with Crippen molar-refractivity contribution in [3.8, 4) is 0 Å². The minimum absolute atomic E-state index is 0.560. The fourth-order valence-electron chi connectivity index (χ4n) is 1.27. The van der Waals surface area contributed by atoms with Crippen LogP contribution in [0.15, 0.2) is 11.6 Å². The maximum absolute atomic E-state index is 3.32. The maximum Gasteiger partial charge on any atom is 0.0252 e. The fourth-order valence-corrected chi connectivity index (χ4v) is 1.27. The minimum atomic E-state index is 0.560. The van der Waals surface area contributed by atoms with E-state index in [9.17, 15) is 0 Å². The molecule has 0 aromatic rings. The molecule has 1 nitrogen and oxygen atoms in total. The number of likely N-dealkylation sites (N-methyl/N-ethyl adjacent to an activating group) is 1. The second-order valence-electron chi connectivity index (χ2n) is 3.89. The summed E-state index contributed by atoms with van der Waals surface area (Å²) in [7, 11) is 2.03. The van der Waals surface area contributed by atoms with E-state index in [0.29, 0.717) is 6.04 Å². The van der Waals surface area contributed by atoms with Gasteiger partial charge in [-0.15, -0.1) is 0 Å². The monoisotopic (exact) mass is 169 g/mol. The Morgan fingerprint density at radius 3 is 2.33 bits per heavy atom. The highest BCUT2D eigenvalue weighted by atomic mass is 14.9. The van der Waals surface area contributed by atoms with Crippen molar-refractivity contribution in [2.75, 3.05) is 7.05 Å². The molecule has 0 aliphatic heterocycles. The molecule has 0 aliphatic rings. The summed E-state index contributed by atoms with van der Waals surface area (Å²) in [4.78, 5) is 0. The van der Waals surface area contributed by atoms with Crippen LogP contribution < -0.4 is 5.32 Å². The third-order valence-electron chi connectivity index (χ3n) is 2.26. The highest BCUT2D eigenvalue weighted by Crippen LogP contribution is 2.11. The zero-order valence-electron chi connectivity index (χ0n) is 9.15. The third-order valence-corrected chi connectivity index (χ3v) is 2.26. The molecule has 72 valence electrons. The average Bonchev–Trinajstić information content (AvgIpc) is 2.02. The smallest absolute Gasteiger partial charge is 0.0252 e. The largest absolute Gasteiger partial charge is 0.314 e. The molecule has 0 heterocycles. The second kappa shape index (κ2) is 6.24. The van der Waals surface area contributed by atoms with Crippen LogP contribution in [0, 0.1) is 5.92 Å². The molecule has 2 atom stereocenters. The number of allylic oxidation sites excluding steroid dienone is 1. The van der Waals surface area contributed by atoms with E-state index >= 15 is 0 Å². The van der Waals surface area contributed by atoms with Gasteiger partial charge in [-0.3, -0.25) is 0 Å². The van der Waals surface area contributed by atoms with Crippen LogP contribution in [-0.2, 0) is 0 Å². The standard InChI is InChI=1S/C11H23N/c1-6-10(4)8-11(12-5)7-9(2)3/h7,10-12H,6,8H2,1-5H3. The van der Waals surface area contributed by atoms with Gasteiger partial charge in [0.25, 0.3) is 0 Å². The zero-order chi connectivity index (χ0) is 9.56. The van der Waals surface area contributed by atoms with Crippen LogP contribution in [0.3, 0.4) is 0 Å². The third kappa shape index (κ3) is 5.36. The molecule has 0 radical (unpaired) electrons. The van der Waals surface area contributed by atoms with Gasteiger partial charge in [0.05, 0.1) is 0 Å². The van der Waals surface area contributed by atoms with Crippen LogP contribution in [0.1, 0.15) is 40.5 Å². The number of hydrogen-bond donors (Lipinski definition) is 1. The molecule has 1 N–H and O–H groups in total. The van der Waals surface area contributed by atoms with Crippen LogP contribution in [0.4, 0.5) is 0 Å². The summed E-state index contributed by atoms with van der Waals surface area (Å²) in [5, 5.41) is 3.32. The predicted octanol–water partition coefficient (Wildman–Crippen LogP) is 2.98. The van der Waals surface area contributed by atoms with Crippen LogP contribution >= 0.6 is 0 Å². The molecule has 0 fully saturated rings. The molecular formula is C11H23N. The van der Waals surface area contributed by atoms with Crippen molar-refractivity contribution in [3.05, 3.63) is 11.6 Å². The van der Waals surface area contributed by atoms with Crippen LogP contribution in [0.25, 0.3) is 0 Å². The van der Waals surface area contributed by atoms with Crippen LogP contribution in [0.2, 0.25) is 0 Å². The van der Waals surface area contributed by atoms with Gasteiger partial charge in [-0.2, -0.15) is 0 Å². The lowest BCUT2D eigenvalue weighted by Gasteiger charge is -2.16. The summed E-state index contributed by atoms with van der Waals surface area (Å²) >= 11 is 0. The van der Waals surface area contributed by atoms with E-state index in [1.807, 2.05) is 7.05 Å². The van der Waals surface area contributed by atoms with E-state index in [2.05, 4.69) is 39.1 Å². The van der Waals surface area contributed by atoms with Gasteiger partial charge in [0.1, 0.15) is 0 Å². The van der Waals surface area contributed by atoms with Crippen molar-refractivity contribution in [3.63, 3.8) is 0 Å². The molecule has 2 unspecified atom stereocenters. The first-order valence-electron chi connectivity index (χ1n) is 4.92.